The van der Waals surface area contributed by atoms with Crippen molar-refractivity contribution in [2.45, 2.75) is 38.5 Å². The fourth-order valence-electron chi connectivity index (χ4n) is 5.24. The molecule has 0 aliphatic carbocycles. The molecule has 2 aromatic heterocycles. The van der Waals surface area contributed by atoms with Gasteiger partial charge in [0.2, 0.25) is 23.4 Å². The van der Waals surface area contributed by atoms with Crippen LogP contribution in [0.4, 0.5) is 23.1 Å². The predicted molar refractivity (Wildman–Crippen MR) is 124 cm³/mol. The topological polar surface area (TPSA) is 117 Å². The molecular weight excluding hydrogens is 420 g/mol. The molecule has 1 spiro atoms. The average Bonchev–Trinajstić information content (AvgIpc) is 3.41. The van der Waals surface area contributed by atoms with Crippen molar-refractivity contribution in [3.05, 3.63) is 36.2 Å². The van der Waals surface area contributed by atoms with Gasteiger partial charge in [0.15, 0.2) is 5.82 Å². The van der Waals surface area contributed by atoms with Gasteiger partial charge >= 0.3 is 0 Å². The molecule has 2 saturated heterocycles. The number of hydrogen-bond donors (Lipinski definition) is 3. The van der Waals surface area contributed by atoms with Gasteiger partial charge in [-0.2, -0.15) is 4.98 Å². The lowest BCUT2D eigenvalue weighted by Crippen LogP contribution is -2.43. The lowest BCUT2D eigenvalue weighted by atomic mass is 9.78. The van der Waals surface area contributed by atoms with E-state index >= 15 is 0 Å². The van der Waals surface area contributed by atoms with Gasteiger partial charge in [0.25, 0.3) is 0 Å². The number of rotatable bonds is 3. The summed E-state index contributed by atoms with van der Waals surface area (Å²) in [6.07, 6.45) is 5.93. The molecule has 0 radical (unpaired) electrons. The second-order valence-electron chi connectivity index (χ2n) is 9.66. The lowest BCUT2D eigenvalue weighted by Gasteiger charge is -2.31. The van der Waals surface area contributed by atoms with Crippen molar-refractivity contribution in [2.75, 3.05) is 35.2 Å². The van der Waals surface area contributed by atoms with E-state index in [0.29, 0.717) is 24.0 Å². The van der Waals surface area contributed by atoms with Gasteiger partial charge in [0.05, 0.1) is 10.8 Å². The number of carbonyl (C=O) groups is 2. The first-order valence-corrected chi connectivity index (χ1v) is 11.3. The fourth-order valence-corrected chi connectivity index (χ4v) is 5.24. The van der Waals surface area contributed by atoms with Gasteiger partial charge in [-0.25, -0.2) is 9.50 Å². The predicted octanol–water partition coefficient (Wildman–Crippen LogP) is 2.20. The number of fused-ring (bicyclic) bond motifs is 2. The van der Waals surface area contributed by atoms with E-state index in [1.54, 1.807) is 21.8 Å². The average molecular weight is 447 g/mol. The van der Waals surface area contributed by atoms with E-state index in [4.69, 9.17) is 0 Å². The van der Waals surface area contributed by atoms with Crippen LogP contribution in [-0.2, 0) is 15.0 Å². The van der Waals surface area contributed by atoms with Crippen molar-refractivity contribution in [3.63, 3.8) is 0 Å². The normalized spacial score (nSPS) is 21.0. The lowest BCUT2D eigenvalue weighted by molar-refractivity contribution is -0.126. The first-order valence-electron chi connectivity index (χ1n) is 11.3. The number of nitrogens with zero attached hydrogens (tertiary/aromatic N) is 5. The Hall–Kier alpha value is -3.53. The van der Waals surface area contributed by atoms with Gasteiger partial charge in [0.1, 0.15) is 0 Å². The molecule has 2 amide bonds. The van der Waals surface area contributed by atoms with Crippen molar-refractivity contribution in [3.8, 4) is 0 Å². The van der Waals surface area contributed by atoms with Crippen LogP contribution in [0.15, 0.2) is 30.6 Å². The minimum absolute atomic E-state index is 0.0157. The number of aromatic nitrogens is 4. The third-order valence-corrected chi connectivity index (χ3v) is 7.33. The van der Waals surface area contributed by atoms with Crippen LogP contribution in [0.3, 0.4) is 0 Å². The highest BCUT2D eigenvalue weighted by Gasteiger charge is 2.48. The smallest absolute Gasteiger partial charge is 0.247 e. The molecule has 0 bridgehead atoms. The number of amides is 2. The number of nitrogens with one attached hydrogen (secondary N) is 3. The molecule has 170 valence electrons. The van der Waals surface area contributed by atoms with Crippen molar-refractivity contribution < 1.29 is 9.59 Å². The molecule has 5 heterocycles. The van der Waals surface area contributed by atoms with E-state index in [9.17, 15) is 9.59 Å². The van der Waals surface area contributed by atoms with E-state index in [1.807, 2.05) is 32.0 Å². The second kappa shape index (κ2) is 6.98. The minimum atomic E-state index is -0.552. The number of carbonyl (C=O) groups excluding carboxylic acids is 2. The van der Waals surface area contributed by atoms with Crippen molar-refractivity contribution >= 4 is 40.6 Å². The summed E-state index contributed by atoms with van der Waals surface area (Å²) in [6, 6.07) is 5.74. The molecule has 6 rings (SSSR count). The zero-order valence-corrected chi connectivity index (χ0v) is 18.7. The third-order valence-electron chi connectivity index (χ3n) is 7.33. The van der Waals surface area contributed by atoms with Gasteiger partial charge in [-0.3, -0.25) is 14.5 Å². The molecule has 3 N–H and O–H groups in total. The summed E-state index contributed by atoms with van der Waals surface area (Å²) in [6.45, 7) is 6.20. The molecule has 10 nitrogen and oxygen atoms in total. The molecular formula is C23H26N8O2. The molecule has 0 saturated carbocycles. The van der Waals surface area contributed by atoms with E-state index in [2.05, 4.69) is 31.0 Å². The number of benzene rings is 1. The van der Waals surface area contributed by atoms with Crippen LogP contribution in [0, 0.1) is 5.41 Å². The minimum Gasteiger partial charge on any atom is -0.325 e. The van der Waals surface area contributed by atoms with E-state index < -0.39 is 5.41 Å². The zero-order chi connectivity index (χ0) is 22.8. The Morgan fingerprint density at radius 2 is 1.94 bits per heavy atom. The molecule has 3 aliphatic heterocycles. The van der Waals surface area contributed by atoms with Crippen LogP contribution in [-0.4, -0.2) is 51.0 Å². The van der Waals surface area contributed by atoms with Crippen LogP contribution in [0.5, 0.6) is 0 Å². The van der Waals surface area contributed by atoms with Crippen molar-refractivity contribution in [2.24, 2.45) is 5.41 Å². The molecule has 3 aliphatic rings. The van der Waals surface area contributed by atoms with Gasteiger partial charge in [-0.15, -0.1) is 5.10 Å². The summed E-state index contributed by atoms with van der Waals surface area (Å²) in [4.78, 5) is 36.5. The molecule has 0 atom stereocenters. The Morgan fingerprint density at radius 1 is 1.12 bits per heavy atom. The van der Waals surface area contributed by atoms with Gasteiger partial charge in [-0.05, 0) is 63.9 Å². The number of piperidine rings is 1. The van der Waals surface area contributed by atoms with Crippen molar-refractivity contribution in [1.29, 1.82) is 0 Å². The maximum atomic E-state index is 13.4. The summed E-state index contributed by atoms with van der Waals surface area (Å²) < 4.78 is 1.64. The van der Waals surface area contributed by atoms with Crippen LogP contribution in [0.1, 0.15) is 38.7 Å². The Morgan fingerprint density at radius 3 is 2.76 bits per heavy atom. The standard InChI is InChI=1S/C23H26N8O2/c1-22(2)15-4-3-14(13-16(15)27-19(22)32)26-21-28-18-17(25-10-12-31(18)29-21)30-11-7-23(20(30)33)5-8-24-9-6-23/h3-4,10,12-13,24H,5-9,11H2,1-2H3,(H,26,29)(H,27,32). The van der Waals surface area contributed by atoms with E-state index in [-0.39, 0.29) is 17.2 Å². The molecule has 0 unspecified atom stereocenters. The molecule has 2 fully saturated rings. The van der Waals surface area contributed by atoms with E-state index in [1.165, 1.54) is 0 Å². The van der Waals surface area contributed by atoms with Gasteiger partial charge in [-0.1, -0.05) is 6.07 Å². The molecule has 3 aromatic rings. The Labute approximate surface area is 190 Å². The van der Waals surface area contributed by atoms with Crippen LogP contribution >= 0.6 is 0 Å². The molecule has 33 heavy (non-hydrogen) atoms. The quantitative estimate of drug-likeness (QED) is 0.565. The Bertz CT molecular complexity index is 1290. The van der Waals surface area contributed by atoms with Gasteiger partial charge in [0, 0.05) is 30.3 Å². The first-order chi connectivity index (χ1) is 15.9. The summed E-state index contributed by atoms with van der Waals surface area (Å²) in [5, 5.41) is 14.0. The van der Waals surface area contributed by atoms with Crippen molar-refractivity contribution in [1.82, 2.24) is 24.9 Å². The highest BCUT2D eigenvalue weighted by atomic mass is 16.2. The first kappa shape index (κ1) is 20.1. The Balaban J connectivity index is 1.30. The highest BCUT2D eigenvalue weighted by Crippen LogP contribution is 2.42. The van der Waals surface area contributed by atoms with Crippen LogP contribution in [0.2, 0.25) is 0 Å². The van der Waals surface area contributed by atoms with Crippen LogP contribution < -0.4 is 20.9 Å². The molecule has 1 aromatic carbocycles. The monoisotopic (exact) mass is 446 g/mol. The van der Waals surface area contributed by atoms with E-state index in [0.717, 1.165) is 49.3 Å². The highest BCUT2D eigenvalue weighted by molar-refractivity contribution is 6.06. The summed E-state index contributed by atoms with van der Waals surface area (Å²) in [7, 11) is 0. The zero-order valence-electron chi connectivity index (χ0n) is 18.7. The maximum Gasteiger partial charge on any atom is 0.247 e. The number of anilines is 4. The largest absolute Gasteiger partial charge is 0.325 e. The summed E-state index contributed by atoms with van der Waals surface area (Å²) in [5.74, 6) is 1.06. The summed E-state index contributed by atoms with van der Waals surface area (Å²) >= 11 is 0. The number of hydrogen-bond acceptors (Lipinski definition) is 7. The Kier molecular flexibility index (Phi) is 4.25. The second-order valence-corrected chi connectivity index (χ2v) is 9.66. The fraction of sp³-hybridized carbons (Fsp3) is 0.435. The van der Waals surface area contributed by atoms with Gasteiger partial charge < -0.3 is 16.0 Å². The third kappa shape index (κ3) is 3.01. The molecule has 10 heteroatoms. The maximum absolute atomic E-state index is 13.4. The summed E-state index contributed by atoms with van der Waals surface area (Å²) in [5.41, 5.74) is 2.22. The SMILES string of the molecule is CC1(C)C(=O)Nc2cc(Nc3nc4c(N5CCC6(CCNCC6)C5=O)nccn4n3)ccc21. The van der Waals surface area contributed by atoms with Crippen LogP contribution in [0.25, 0.3) is 5.65 Å².